The van der Waals surface area contributed by atoms with E-state index >= 15 is 0 Å². The van der Waals surface area contributed by atoms with Crippen LogP contribution in [0.25, 0.3) is 0 Å². The molecule has 20 heavy (non-hydrogen) atoms. The molecule has 1 atom stereocenters. The average molecular weight is 316 g/mol. The van der Waals surface area contributed by atoms with Crippen LogP contribution in [-0.2, 0) is 6.42 Å². The molecule has 106 valence electrons. The number of benzene rings is 2. The van der Waals surface area contributed by atoms with Crippen LogP contribution in [-0.4, -0.2) is 7.05 Å². The molecule has 0 aliphatic rings. The van der Waals surface area contributed by atoms with E-state index in [0.29, 0.717) is 27.6 Å². The molecule has 0 fully saturated rings. The Balaban J connectivity index is 2.34. The molecule has 2 rings (SSSR count). The largest absolute Gasteiger partial charge is 0.313 e. The first kappa shape index (κ1) is 15.2. The molecule has 1 nitrogen and oxygen atoms in total. The third-order valence-corrected chi connectivity index (χ3v) is 3.84. The molecule has 1 unspecified atom stereocenters. The highest BCUT2D eigenvalue weighted by molar-refractivity contribution is 6.31. The van der Waals surface area contributed by atoms with E-state index in [1.165, 1.54) is 18.2 Å². The fraction of sp³-hybridized carbons (Fsp3) is 0.200. The Labute approximate surface area is 126 Å². The van der Waals surface area contributed by atoms with Gasteiger partial charge in [-0.1, -0.05) is 35.3 Å². The van der Waals surface area contributed by atoms with E-state index < -0.39 is 5.82 Å². The van der Waals surface area contributed by atoms with Crippen molar-refractivity contribution in [1.82, 2.24) is 5.32 Å². The van der Waals surface area contributed by atoms with Crippen molar-refractivity contribution in [2.24, 2.45) is 0 Å². The molecule has 0 saturated heterocycles. The van der Waals surface area contributed by atoms with Gasteiger partial charge in [0.05, 0.1) is 0 Å². The Morgan fingerprint density at radius 2 is 1.85 bits per heavy atom. The van der Waals surface area contributed by atoms with Gasteiger partial charge in [0, 0.05) is 21.7 Å². The number of rotatable bonds is 4. The minimum Gasteiger partial charge on any atom is -0.313 e. The Kier molecular flexibility index (Phi) is 4.97. The first-order chi connectivity index (χ1) is 9.52. The quantitative estimate of drug-likeness (QED) is 0.856. The normalized spacial score (nSPS) is 12.4. The fourth-order valence-electron chi connectivity index (χ4n) is 2.08. The van der Waals surface area contributed by atoms with Gasteiger partial charge in [0.25, 0.3) is 0 Å². The van der Waals surface area contributed by atoms with E-state index in [-0.39, 0.29) is 11.9 Å². The van der Waals surface area contributed by atoms with E-state index in [9.17, 15) is 8.78 Å². The smallest absolute Gasteiger partial charge is 0.127 e. The third kappa shape index (κ3) is 3.29. The van der Waals surface area contributed by atoms with Gasteiger partial charge in [-0.15, -0.1) is 0 Å². The van der Waals surface area contributed by atoms with Gasteiger partial charge in [-0.2, -0.15) is 0 Å². The summed E-state index contributed by atoms with van der Waals surface area (Å²) in [7, 11) is 1.74. The van der Waals surface area contributed by atoms with Crippen molar-refractivity contribution in [3.05, 3.63) is 69.2 Å². The van der Waals surface area contributed by atoms with Crippen molar-refractivity contribution in [2.45, 2.75) is 12.5 Å². The zero-order chi connectivity index (χ0) is 14.7. The van der Waals surface area contributed by atoms with Crippen LogP contribution in [0.1, 0.15) is 17.2 Å². The number of nitrogens with one attached hydrogen (secondary N) is 1. The molecule has 0 aromatic heterocycles. The van der Waals surface area contributed by atoms with Crippen LogP contribution in [0.15, 0.2) is 36.4 Å². The predicted octanol–water partition coefficient (Wildman–Crippen LogP) is 4.77. The van der Waals surface area contributed by atoms with Gasteiger partial charge in [-0.05, 0) is 43.3 Å². The molecule has 0 bridgehead atoms. The van der Waals surface area contributed by atoms with Crippen molar-refractivity contribution in [3.8, 4) is 0 Å². The number of likely N-dealkylation sites (N-methyl/N-ethyl adjacent to an activating group) is 1. The van der Waals surface area contributed by atoms with Crippen molar-refractivity contribution < 1.29 is 8.78 Å². The van der Waals surface area contributed by atoms with E-state index in [0.717, 1.165) is 0 Å². The highest BCUT2D eigenvalue weighted by atomic mass is 35.5. The van der Waals surface area contributed by atoms with Crippen LogP contribution in [0, 0.1) is 11.6 Å². The Morgan fingerprint density at radius 3 is 2.45 bits per heavy atom. The molecule has 0 saturated carbocycles. The van der Waals surface area contributed by atoms with Crippen molar-refractivity contribution >= 4 is 23.2 Å². The lowest BCUT2D eigenvalue weighted by Gasteiger charge is -2.19. The Morgan fingerprint density at radius 1 is 1.10 bits per heavy atom. The Bertz CT molecular complexity index is 597. The lowest BCUT2D eigenvalue weighted by molar-refractivity contribution is 0.553. The second-order valence-corrected chi connectivity index (χ2v) is 5.23. The van der Waals surface area contributed by atoms with Crippen LogP contribution in [0.4, 0.5) is 8.78 Å². The molecule has 0 spiro atoms. The highest BCUT2D eigenvalue weighted by Crippen LogP contribution is 2.29. The van der Waals surface area contributed by atoms with Crippen LogP contribution in [0.2, 0.25) is 10.0 Å². The summed E-state index contributed by atoms with van der Waals surface area (Å²) < 4.78 is 26.9. The molecule has 0 radical (unpaired) electrons. The molecular weight excluding hydrogens is 303 g/mol. The van der Waals surface area contributed by atoms with E-state index in [1.54, 1.807) is 25.2 Å². The van der Waals surface area contributed by atoms with E-state index in [1.807, 2.05) is 0 Å². The molecule has 5 heteroatoms. The average Bonchev–Trinajstić information content (AvgIpc) is 2.40. The maximum Gasteiger partial charge on any atom is 0.127 e. The van der Waals surface area contributed by atoms with Crippen LogP contribution >= 0.6 is 23.2 Å². The maximum atomic E-state index is 13.8. The van der Waals surface area contributed by atoms with E-state index in [2.05, 4.69) is 5.32 Å². The summed E-state index contributed by atoms with van der Waals surface area (Å²) in [5.41, 5.74) is 1.11. The second-order valence-electron chi connectivity index (χ2n) is 4.41. The molecule has 2 aromatic rings. The van der Waals surface area contributed by atoms with Crippen molar-refractivity contribution in [2.75, 3.05) is 7.05 Å². The number of hydrogen-bond donors (Lipinski definition) is 1. The Hall–Kier alpha value is -1.16. The number of hydrogen-bond acceptors (Lipinski definition) is 1. The van der Waals surface area contributed by atoms with Crippen LogP contribution < -0.4 is 5.32 Å². The summed E-state index contributed by atoms with van der Waals surface area (Å²) in [6.45, 7) is 0. The van der Waals surface area contributed by atoms with Gasteiger partial charge < -0.3 is 5.32 Å². The van der Waals surface area contributed by atoms with Crippen LogP contribution in [0.3, 0.4) is 0 Å². The minimum absolute atomic E-state index is 0.252. The summed E-state index contributed by atoms with van der Waals surface area (Å²) in [5.74, 6) is -0.770. The van der Waals surface area contributed by atoms with Gasteiger partial charge in [-0.3, -0.25) is 0 Å². The van der Waals surface area contributed by atoms with E-state index in [4.69, 9.17) is 23.2 Å². The fourth-order valence-corrected chi connectivity index (χ4v) is 2.62. The minimum atomic E-state index is -0.405. The molecule has 2 aromatic carbocycles. The standard InChI is InChI=1S/C15H13Cl2F2N/c1-20-15(10-6-5-9(18)7-13(10)17)8-11-12(16)3-2-4-14(11)19/h2-7,15,20H,8H2,1H3. The molecule has 0 heterocycles. The molecule has 0 amide bonds. The summed E-state index contributed by atoms with van der Waals surface area (Å²) in [4.78, 5) is 0. The molecule has 1 N–H and O–H groups in total. The van der Waals surface area contributed by atoms with Crippen molar-refractivity contribution in [1.29, 1.82) is 0 Å². The van der Waals surface area contributed by atoms with Crippen molar-refractivity contribution in [3.63, 3.8) is 0 Å². The molecular formula is C15H13Cl2F2N. The summed E-state index contributed by atoms with van der Waals surface area (Å²) >= 11 is 12.1. The summed E-state index contributed by atoms with van der Waals surface area (Å²) in [6.07, 6.45) is 0.327. The maximum absolute atomic E-state index is 13.8. The monoisotopic (exact) mass is 315 g/mol. The van der Waals surface area contributed by atoms with Gasteiger partial charge in [-0.25, -0.2) is 8.78 Å². The van der Waals surface area contributed by atoms with Gasteiger partial charge in [0.2, 0.25) is 0 Å². The predicted molar refractivity (Wildman–Crippen MR) is 78.3 cm³/mol. The summed E-state index contributed by atoms with van der Waals surface area (Å²) in [6, 6.07) is 8.46. The lowest BCUT2D eigenvalue weighted by Crippen LogP contribution is -2.20. The van der Waals surface area contributed by atoms with Gasteiger partial charge in [0.15, 0.2) is 0 Å². The lowest BCUT2D eigenvalue weighted by atomic mass is 9.98. The van der Waals surface area contributed by atoms with Gasteiger partial charge in [0.1, 0.15) is 11.6 Å². The number of halogens is 4. The van der Waals surface area contributed by atoms with Crippen LogP contribution in [0.5, 0.6) is 0 Å². The zero-order valence-electron chi connectivity index (χ0n) is 10.8. The summed E-state index contributed by atoms with van der Waals surface area (Å²) in [5, 5.41) is 3.72. The first-order valence-electron chi connectivity index (χ1n) is 6.08. The second kappa shape index (κ2) is 6.53. The molecule has 0 aliphatic carbocycles. The molecule has 0 aliphatic heterocycles. The van der Waals surface area contributed by atoms with Gasteiger partial charge >= 0.3 is 0 Å². The zero-order valence-corrected chi connectivity index (χ0v) is 12.3. The SMILES string of the molecule is CNC(Cc1c(F)cccc1Cl)c1ccc(F)cc1Cl. The topological polar surface area (TPSA) is 12.0 Å². The third-order valence-electron chi connectivity index (χ3n) is 3.16. The highest BCUT2D eigenvalue weighted by Gasteiger charge is 2.17. The first-order valence-corrected chi connectivity index (χ1v) is 6.83.